The number of hydrogen-bond donors (Lipinski definition) is 2. The molecule has 0 bridgehead atoms. The van der Waals surface area contributed by atoms with Crippen LogP contribution in [0.15, 0.2) is 52.0 Å². The molecule has 6 rings (SSSR count). The summed E-state index contributed by atoms with van der Waals surface area (Å²) in [5.74, 6) is 2.09. The van der Waals surface area contributed by atoms with Crippen molar-refractivity contribution in [2.24, 2.45) is 0 Å². The van der Waals surface area contributed by atoms with Crippen molar-refractivity contribution in [1.29, 1.82) is 0 Å². The van der Waals surface area contributed by atoms with E-state index in [0.29, 0.717) is 28.3 Å². The van der Waals surface area contributed by atoms with Crippen LogP contribution in [0.25, 0.3) is 16.5 Å². The fourth-order valence-corrected chi connectivity index (χ4v) is 4.33. The van der Waals surface area contributed by atoms with E-state index in [0.717, 1.165) is 43.8 Å². The van der Waals surface area contributed by atoms with Gasteiger partial charge in [0, 0.05) is 23.4 Å². The smallest absolute Gasteiger partial charge is 0.279 e. The number of halogens is 1. The number of rotatable bonds is 6. The van der Waals surface area contributed by atoms with E-state index in [1.807, 2.05) is 6.07 Å². The van der Waals surface area contributed by atoms with Gasteiger partial charge in [-0.1, -0.05) is 0 Å². The van der Waals surface area contributed by atoms with E-state index in [9.17, 15) is 9.18 Å². The van der Waals surface area contributed by atoms with Crippen LogP contribution in [0.2, 0.25) is 0 Å². The first kappa shape index (κ1) is 19.8. The van der Waals surface area contributed by atoms with Crippen LogP contribution in [0.3, 0.4) is 0 Å². The van der Waals surface area contributed by atoms with Crippen LogP contribution in [0.5, 0.6) is 0 Å². The molecule has 0 radical (unpaired) electrons. The third-order valence-corrected chi connectivity index (χ3v) is 6.23. The summed E-state index contributed by atoms with van der Waals surface area (Å²) in [6, 6.07) is 8.22. The predicted molar refractivity (Wildman–Crippen MR) is 120 cm³/mol. The molecule has 33 heavy (non-hydrogen) atoms. The predicted octanol–water partition coefficient (Wildman–Crippen LogP) is 3.63. The number of nitrogens with one attached hydrogen (secondary N) is 2. The molecule has 2 aliphatic carbocycles. The lowest BCUT2D eigenvalue weighted by Gasteiger charge is -2.14. The highest BCUT2D eigenvalue weighted by molar-refractivity contribution is 5.80. The molecule has 0 unspecified atom stereocenters. The topological polar surface area (TPSA) is 111 Å². The second kappa shape index (κ2) is 7.95. The van der Waals surface area contributed by atoms with Gasteiger partial charge in [-0.25, -0.2) is 9.37 Å². The van der Waals surface area contributed by atoms with Crippen LogP contribution in [-0.2, 0) is 0 Å². The quantitative estimate of drug-likeness (QED) is 0.461. The van der Waals surface area contributed by atoms with Gasteiger partial charge in [-0.05, 0) is 67.6 Å². The Morgan fingerprint density at radius 1 is 1.03 bits per heavy atom. The highest BCUT2D eigenvalue weighted by Gasteiger charge is 2.31. The van der Waals surface area contributed by atoms with Crippen LogP contribution in [0.1, 0.15) is 43.9 Å². The first-order valence-corrected chi connectivity index (χ1v) is 11.1. The number of nitrogens with zero attached hydrogens (tertiary/aromatic N) is 5. The van der Waals surface area contributed by atoms with Gasteiger partial charge in [-0.15, -0.1) is 0 Å². The maximum absolute atomic E-state index is 13.4. The molecule has 1 aromatic carbocycles. The van der Waals surface area contributed by atoms with Gasteiger partial charge < -0.3 is 15.2 Å². The first-order chi connectivity index (χ1) is 16.1. The van der Waals surface area contributed by atoms with Crippen LogP contribution in [0, 0.1) is 5.82 Å². The molecule has 3 heterocycles. The molecule has 2 fully saturated rings. The molecule has 0 spiro atoms. The van der Waals surface area contributed by atoms with E-state index in [2.05, 4.69) is 30.9 Å². The lowest BCUT2D eigenvalue weighted by molar-refractivity contribution is 0.379. The van der Waals surface area contributed by atoms with Crippen molar-refractivity contribution in [1.82, 2.24) is 24.9 Å². The van der Waals surface area contributed by atoms with Crippen molar-refractivity contribution in [2.75, 3.05) is 10.6 Å². The van der Waals surface area contributed by atoms with Crippen LogP contribution < -0.4 is 16.2 Å². The van der Waals surface area contributed by atoms with Crippen molar-refractivity contribution in [3.63, 3.8) is 0 Å². The Labute approximate surface area is 188 Å². The molecule has 4 aromatic rings. The molecule has 2 N–H and O–H groups in total. The zero-order valence-corrected chi connectivity index (χ0v) is 17.7. The third kappa shape index (κ3) is 4.04. The lowest BCUT2D eigenvalue weighted by Crippen LogP contribution is -2.22. The largest absolute Gasteiger partial charge is 0.367 e. The average molecular weight is 447 g/mol. The minimum atomic E-state index is -0.400. The summed E-state index contributed by atoms with van der Waals surface area (Å²) >= 11 is 0. The second-order valence-corrected chi connectivity index (χ2v) is 8.72. The molecule has 168 valence electrons. The molecular weight excluding hydrogens is 425 g/mol. The Kier molecular flexibility index (Phi) is 4.78. The molecule has 2 atom stereocenters. The SMILES string of the molecule is O=c1c2ccc(F)cc2cnn1-c1ccc(N[C@H]2CC[C@H](Nc3noc(C4CC4)n3)C2)nc1. The van der Waals surface area contributed by atoms with Gasteiger partial charge in [0.25, 0.3) is 11.5 Å². The molecule has 0 saturated heterocycles. The fourth-order valence-electron chi connectivity index (χ4n) is 4.33. The Morgan fingerprint density at radius 3 is 2.67 bits per heavy atom. The summed E-state index contributed by atoms with van der Waals surface area (Å²) in [5, 5.41) is 15.9. The Bertz CT molecular complexity index is 1360. The number of hydrogen-bond acceptors (Lipinski definition) is 8. The molecule has 0 amide bonds. The van der Waals surface area contributed by atoms with Crippen molar-refractivity contribution < 1.29 is 8.91 Å². The monoisotopic (exact) mass is 447 g/mol. The average Bonchev–Trinajstić information content (AvgIpc) is 3.41. The van der Waals surface area contributed by atoms with E-state index in [1.165, 1.54) is 29.1 Å². The summed E-state index contributed by atoms with van der Waals surface area (Å²) in [4.78, 5) is 21.6. The second-order valence-electron chi connectivity index (χ2n) is 8.72. The molecule has 3 aromatic heterocycles. The molecule has 9 nitrogen and oxygen atoms in total. The summed E-state index contributed by atoms with van der Waals surface area (Å²) in [6.07, 6.45) is 8.27. The Morgan fingerprint density at radius 2 is 1.88 bits per heavy atom. The summed E-state index contributed by atoms with van der Waals surface area (Å²) in [5.41, 5.74) is 0.234. The van der Waals surface area contributed by atoms with Crippen molar-refractivity contribution in [3.05, 3.63) is 64.8 Å². The van der Waals surface area contributed by atoms with Gasteiger partial charge in [-0.3, -0.25) is 4.79 Å². The van der Waals surface area contributed by atoms with Crippen molar-refractivity contribution in [2.45, 2.75) is 50.1 Å². The minimum Gasteiger partial charge on any atom is -0.367 e. The molecule has 10 heteroatoms. The van der Waals surface area contributed by atoms with E-state index < -0.39 is 5.82 Å². The number of pyridine rings is 1. The van der Waals surface area contributed by atoms with Crippen LogP contribution >= 0.6 is 0 Å². The van der Waals surface area contributed by atoms with Crippen LogP contribution in [0.4, 0.5) is 16.2 Å². The van der Waals surface area contributed by atoms with Gasteiger partial charge in [0.2, 0.25) is 5.89 Å². The van der Waals surface area contributed by atoms with E-state index in [1.54, 1.807) is 12.3 Å². The van der Waals surface area contributed by atoms with E-state index in [-0.39, 0.29) is 17.6 Å². The van der Waals surface area contributed by atoms with E-state index >= 15 is 0 Å². The minimum absolute atomic E-state index is 0.270. The normalized spacial score (nSPS) is 20.3. The highest BCUT2D eigenvalue weighted by atomic mass is 19.1. The zero-order valence-electron chi connectivity index (χ0n) is 17.7. The van der Waals surface area contributed by atoms with Gasteiger partial charge in [0.05, 0.1) is 23.5 Å². The fraction of sp³-hybridized carbons (Fsp3) is 0.348. The number of anilines is 2. The lowest BCUT2D eigenvalue weighted by atomic mass is 10.2. The maximum atomic E-state index is 13.4. The number of fused-ring (bicyclic) bond motifs is 1. The first-order valence-electron chi connectivity index (χ1n) is 11.1. The molecular formula is C23H22FN7O2. The third-order valence-electron chi connectivity index (χ3n) is 6.23. The highest BCUT2D eigenvalue weighted by Crippen LogP contribution is 2.39. The Balaban J connectivity index is 1.10. The van der Waals surface area contributed by atoms with Crippen molar-refractivity contribution in [3.8, 4) is 5.69 Å². The summed E-state index contributed by atoms with van der Waals surface area (Å²) in [6.45, 7) is 0. The van der Waals surface area contributed by atoms with Gasteiger partial charge in [0.15, 0.2) is 0 Å². The van der Waals surface area contributed by atoms with E-state index in [4.69, 9.17) is 4.52 Å². The zero-order chi connectivity index (χ0) is 22.4. The molecule has 0 aliphatic heterocycles. The van der Waals surface area contributed by atoms with Crippen molar-refractivity contribution >= 4 is 22.5 Å². The number of aromatic nitrogens is 5. The summed E-state index contributed by atoms with van der Waals surface area (Å²) < 4.78 is 20.0. The van der Waals surface area contributed by atoms with Crippen LogP contribution in [-0.4, -0.2) is 37.0 Å². The number of benzene rings is 1. The maximum Gasteiger partial charge on any atom is 0.279 e. The Hall–Kier alpha value is -3.82. The van der Waals surface area contributed by atoms with Gasteiger partial charge in [-0.2, -0.15) is 14.8 Å². The van der Waals surface area contributed by atoms with Gasteiger partial charge >= 0.3 is 0 Å². The summed E-state index contributed by atoms with van der Waals surface area (Å²) in [7, 11) is 0. The molecule has 2 aliphatic rings. The molecule has 2 saturated carbocycles. The standard InChI is InChI=1S/C23H22FN7O2/c24-15-3-7-19-14(9-15)11-26-31(22(19)32)18-6-8-20(25-12-18)27-16-4-5-17(10-16)28-23-29-21(33-30-23)13-1-2-13/h3,6-9,11-13,16-17H,1-2,4-5,10H2,(H,25,27)(H,28,30)/t16-,17-/m0/s1. The van der Waals surface area contributed by atoms with Gasteiger partial charge in [0.1, 0.15) is 11.6 Å².